The number of hydrogen-bond donors (Lipinski definition) is 2. The number of aliphatic hydroxyl groups excluding tert-OH is 1. The molecule has 3 rings (SSSR count). The number of likely N-dealkylation sites (tertiary alicyclic amines) is 1. The summed E-state index contributed by atoms with van der Waals surface area (Å²) in [7, 11) is 0. The van der Waals surface area contributed by atoms with E-state index in [1.807, 2.05) is 4.90 Å². The molecule has 5 nitrogen and oxygen atoms in total. The quantitative estimate of drug-likeness (QED) is 0.618. The number of aliphatic hydroxyl groups is 1. The Morgan fingerprint density at radius 2 is 2.00 bits per heavy atom. The number of benzene rings is 2. The third-order valence-electron chi connectivity index (χ3n) is 4.98. The number of ether oxygens (including phenoxy) is 1. The largest absolute Gasteiger partial charge is 0.489 e. The molecule has 2 aromatic rings. The number of nitrogens with one attached hydrogen (secondary N) is 1. The van der Waals surface area contributed by atoms with Crippen molar-refractivity contribution in [1.82, 2.24) is 10.2 Å². The normalized spacial score (nSPS) is 15.9. The maximum Gasteiger partial charge on any atom is 0.416 e. The van der Waals surface area contributed by atoms with Gasteiger partial charge in [0.2, 0.25) is 5.91 Å². The molecule has 1 amide bonds. The fraction of sp³-hybridized carbons (Fsp3) is 0.409. The van der Waals surface area contributed by atoms with Crippen molar-refractivity contribution in [2.75, 3.05) is 19.6 Å². The van der Waals surface area contributed by atoms with Crippen molar-refractivity contribution in [1.29, 1.82) is 0 Å². The van der Waals surface area contributed by atoms with E-state index < -0.39 is 23.7 Å². The van der Waals surface area contributed by atoms with Crippen molar-refractivity contribution in [3.8, 4) is 5.75 Å². The molecule has 1 heterocycles. The number of alkyl halides is 3. The van der Waals surface area contributed by atoms with Gasteiger partial charge in [-0.25, -0.2) is 4.39 Å². The monoisotopic (exact) mass is 440 g/mol. The SMILES string of the molecule is C[C@@H](O)CNC(=O)C1CN(Cc2ccc(OCc3cccc(C(F)(F)F)c3)cc2F)C1. The van der Waals surface area contributed by atoms with Crippen LogP contribution in [0.25, 0.3) is 0 Å². The maximum absolute atomic E-state index is 14.4. The van der Waals surface area contributed by atoms with Crippen LogP contribution in [0.2, 0.25) is 0 Å². The topological polar surface area (TPSA) is 61.8 Å². The van der Waals surface area contributed by atoms with E-state index in [0.29, 0.717) is 30.8 Å². The van der Waals surface area contributed by atoms with Crippen LogP contribution in [-0.2, 0) is 24.1 Å². The van der Waals surface area contributed by atoms with Gasteiger partial charge in [-0.1, -0.05) is 18.2 Å². The zero-order valence-electron chi connectivity index (χ0n) is 17.0. The molecule has 2 aromatic carbocycles. The van der Waals surface area contributed by atoms with Gasteiger partial charge in [0.15, 0.2) is 0 Å². The standard InChI is InChI=1S/C22H24F4N2O3/c1-14(29)9-27-21(30)17-11-28(12-17)10-16-5-6-19(8-20(16)23)31-13-15-3-2-4-18(7-15)22(24,25)26/h2-8,14,17,29H,9-13H2,1H3,(H,27,30)/t14-/m1/s1. The fourth-order valence-electron chi connectivity index (χ4n) is 3.25. The average Bonchev–Trinajstić information content (AvgIpc) is 2.67. The molecule has 1 aliphatic heterocycles. The van der Waals surface area contributed by atoms with Gasteiger partial charge in [0.1, 0.15) is 18.2 Å². The summed E-state index contributed by atoms with van der Waals surface area (Å²) in [5.74, 6) is -0.575. The Labute approximate surface area is 177 Å². The number of nitrogens with zero attached hydrogens (tertiary/aromatic N) is 1. The van der Waals surface area contributed by atoms with Gasteiger partial charge in [0.05, 0.1) is 17.6 Å². The summed E-state index contributed by atoms with van der Waals surface area (Å²) in [5.41, 5.74) is 0.0107. The van der Waals surface area contributed by atoms with E-state index in [4.69, 9.17) is 4.74 Å². The second kappa shape index (κ2) is 9.65. The van der Waals surface area contributed by atoms with E-state index >= 15 is 0 Å². The van der Waals surface area contributed by atoms with E-state index in [1.165, 1.54) is 18.2 Å². The lowest BCUT2D eigenvalue weighted by atomic mass is 9.98. The number of carbonyl (C=O) groups is 1. The number of amides is 1. The maximum atomic E-state index is 14.4. The van der Waals surface area contributed by atoms with Crippen molar-refractivity contribution in [3.05, 3.63) is 65.0 Å². The smallest absolute Gasteiger partial charge is 0.416 e. The van der Waals surface area contributed by atoms with Gasteiger partial charge in [-0.05, 0) is 30.7 Å². The Morgan fingerprint density at radius 3 is 2.65 bits per heavy atom. The van der Waals surface area contributed by atoms with E-state index in [9.17, 15) is 27.5 Å². The van der Waals surface area contributed by atoms with Crippen LogP contribution < -0.4 is 10.1 Å². The summed E-state index contributed by atoms with van der Waals surface area (Å²) in [5, 5.41) is 11.9. The first-order valence-electron chi connectivity index (χ1n) is 9.87. The Bertz CT molecular complexity index is 912. The van der Waals surface area contributed by atoms with Crippen LogP contribution in [0.1, 0.15) is 23.6 Å². The summed E-state index contributed by atoms with van der Waals surface area (Å²) in [6, 6.07) is 9.14. The molecule has 0 aromatic heterocycles. The van der Waals surface area contributed by atoms with Crippen LogP contribution in [0.4, 0.5) is 17.6 Å². The Morgan fingerprint density at radius 1 is 1.26 bits per heavy atom. The molecule has 0 bridgehead atoms. The molecule has 9 heteroatoms. The molecular weight excluding hydrogens is 416 g/mol. The molecular formula is C22H24F4N2O3. The summed E-state index contributed by atoms with van der Waals surface area (Å²) in [4.78, 5) is 13.8. The van der Waals surface area contributed by atoms with Crippen molar-refractivity contribution in [2.45, 2.75) is 32.4 Å². The molecule has 31 heavy (non-hydrogen) atoms. The molecule has 0 radical (unpaired) electrons. The van der Waals surface area contributed by atoms with Crippen LogP contribution >= 0.6 is 0 Å². The minimum absolute atomic E-state index is 0.113. The zero-order chi connectivity index (χ0) is 22.6. The first-order valence-corrected chi connectivity index (χ1v) is 9.87. The van der Waals surface area contributed by atoms with Crippen molar-refractivity contribution >= 4 is 5.91 Å². The number of hydrogen-bond acceptors (Lipinski definition) is 4. The second-order valence-corrected chi connectivity index (χ2v) is 7.73. The van der Waals surface area contributed by atoms with E-state index in [2.05, 4.69) is 5.32 Å². The van der Waals surface area contributed by atoms with Crippen LogP contribution in [0.5, 0.6) is 5.75 Å². The van der Waals surface area contributed by atoms with Crippen LogP contribution in [-0.4, -0.2) is 41.7 Å². The lowest BCUT2D eigenvalue weighted by Crippen LogP contribution is -2.53. The highest BCUT2D eigenvalue weighted by atomic mass is 19.4. The van der Waals surface area contributed by atoms with Crippen molar-refractivity contribution in [2.24, 2.45) is 5.92 Å². The first-order chi connectivity index (χ1) is 14.6. The van der Waals surface area contributed by atoms with E-state index in [0.717, 1.165) is 12.1 Å². The second-order valence-electron chi connectivity index (χ2n) is 7.73. The number of carbonyl (C=O) groups excluding carboxylic acids is 1. The minimum Gasteiger partial charge on any atom is -0.489 e. The van der Waals surface area contributed by atoms with E-state index in [1.54, 1.807) is 19.1 Å². The molecule has 1 fully saturated rings. The van der Waals surface area contributed by atoms with Gasteiger partial charge < -0.3 is 15.2 Å². The highest BCUT2D eigenvalue weighted by Gasteiger charge is 2.33. The Balaban J connectivity index is 1.49. The molecule has 0 aliphatic carbocycles. The zero-order valence-corrected chi connectivity index (χ0v) is 17.0. The molecule has 0 unspecified atom stereocenters. The molecule has 168 valence electrons. The summed E-state index contributed by atoms with van der Waals surface area (Å²) >= 11 is 0. The molecule has 0 saturated carbocycles. The van der Waals surface area contributed by atoms with E-state index in [-0.39, 0.29) is 30.7 Å². The first kappa shape index (κ1) is 23.0. The third-order valence-corrected chi connectivity index (χ3v) is 4.98. The predicted molar refractivity (Wildman–Crippen MR) is 106 cm³/mol. The molecule has 0 spiro atoms. The fourth-order valence-corrected chi connectivity index (χ4v) is 3.25. The van der Waals surface area contributed by atoms with Crippen molar-refractivity contribution < 1.29 is 32.2 Å². The molecule has 1 saturated heterocycles. The lowest BCUT2D eigenvalue weighted by Gasteiger charge is -2.38. The minimum atomic E-state index is -4.43. The van der Waals surface area contributed by atoms with Gasteiger partial charge in [0, 0.05) is 37.8 Å². The number of halogens is 4. The third kappa shape index (κ3) is 6.41. The van der Waals surface area contributed by atoms with Gasteiger partial charge in [-0.15, -0.1) is 0 Å². The summed E-state index contributed by atoms with van der Waals surface area (Å²) in [6.45, 7) is 3.00. The number of rotatable bonds is 8. The van der Waals surface area contributed by atoms with Crippen LogP contribution in [0.3, 0.4) is 0 Å². The molecule has 1 atom stereocenters. The highest BCUT2D eigenvalue weighted by Crippen LogP contribution is 2.30. The van der Waals surface area contributed by atoms with Gasteiger partial charge in [0.25, 0.3) is 0 Å². The average molecular weight is 440 g/mol. The highest BCUT2D eigenvalue weighted by molar-refractivity contribution is 5.80. The Hall–Kier alpha value is -2.65. The summed E-state index contributed by atoms with van der Waals surface area (Å²) in [6.07, 6.45) is -5.04. The van der Waals surface area contributed by atoms with Crippen LogP contribution in [0, 0.1) is 11.7 Å². The molecule has 1 aliphatic rings. The summed E-state index contributed by atoms with van der Waals surface area (Å²) < 4.78 is 58.2. The lowest BCUT2D eigenvalue weighted by molar-refractivity contribution is -0.137. The Kier molecular flexibility index (Phi) is 7.17. The van der Waals surface area contributed by atoms with Gasteiger partial charge >= 0.3 is 6.18 Å². The van der Waals surface area contributed by atoms with Gasteiger partial charge in [-0.2, -0.15) is 13.2 Å². The van der Waals surface area contributed by atoms with Crippen LogP contribution in [0.15, 0.2) is 42.5 Å². The van der Waals surface area contributed by atoms with Gasteiger partial charge in [-0.3, -0.25) is 9.69 Å². The van der Waals surface area contributed by atoms with Crippen molar-refractivity contribution in [3.63, 3.8) is 0 Å². The predicted octanol–water partition coefficient (Wildman–Crippen LogP) is 3.35. The molecule has 2 N–H and O–H groups in total.